The van der Waals surface area contributed by atoms with Crippen molar-refractivity contribution in [2.75, 3.05) is 0 Å². The number of aromatic nitrogens is 2. The Balaban J connectivity index is 1.77. The predicted molar refractivity (Wildman–Crippen MR) is 60.3 cm³/mol. The van der Waals surface area contributed by atoms with Crippen LogP contribution in [0.5, 0.6) is 0 Å². The van der Waals surface area contributed by atoms with Gasteiger partial charge in [-0.15, -0.1) is 0 Å². The molecule has 3 heterocycles. The van der Waals surface area contributed by atoms with E-state index in [0.29, 0.717) is 12.1 Å². The molecule has 2 fully saturated rings. The van der Waals surface area contributed by atoms with E-state index in [1.807, 2.05) is 17.8 Å². The highest BCUT2D eigenvalue weighted by molar-refractivity contribution is 5.98. The third-order valence-corrected chi connectivity index (χ3v) is 3.88. The molecule has 0 radical (unpaired) electrons. The monoisotopic (exact) mass is 219 g/mol. The molecule has 2 bridgehead atoms. The van der Waals surface area contributed by atoms with Gasteiger partial charge in [-0.05, 0) is 26.2 Å². The Hall–Kier alpha value is -1.16. The van der Waals surface area contributed by atoms with Crippen LogP contribution in [-0.2, 0) is 6.54 Å². The lowest BCUT2D eigenvalue weighted by Gasteiger charge is -2.17. The number of ketones is 1. The first-order valence-corrected chi connectivity index (χ1v) is 6.10. The van der Waals surface area contributed by atoms with Crippen LogP contribution in [0.15, 0.2) is 12.4 Å². The first kappa shape index (κ1) is 10.0. The molecule has 4 nitrogen and oxygen atoms in total. The van der Waals surface area contributed by atoms with E-state index in [2.05, 4.69) is 10.4 Å². The lowest BCUT2D eigenvalue weighted by atomic mass is 9.84. The zero-order valence-corrected chi connectivity index (χ0v) is 9.52. The van der Waals surface area contributed by atoms with Gasteiger partial charge in [0.25, 0.3) is 0 Å². The van der Waals surface area contributed by atoms with Crippen LogP contribution < -0.4 is 5.32 Å². The number of nitrogens with one attached hydrogen (secondary N) is 1. The molecule has 2 aliphatic heterocycles. The minimum Gasteiger partial charge on any atom is -0.310 e. The summed E-state index contributed by atoms with van der Waals surface area (Å²) in [7, 11) is 0. The van der Waals surface area contributed by atoms with Crippen LogP contribution in [0, 0.1) is 5.92 Å². The summed E-state index contributed by atoms with van der Waals surface area (Å²) in [5.41, 5.74) is 0.779. The molecule has 0 spiro atoms. The van der Waals surface area contributed by atoms with Crippen LogP contribution in [0.4, 0.5) is 0 Å². The molecule has 1 aromatic heterocycles. The van der Waals surface area contributed by atoms with E-state index in [1.54, 1.807) is 6.20 Å². The smallest absolute Gasteiger partial charge is 0.170 e. The van der Waals surface area contributed by atoms with E-state index in [1.165, 1.54) is 6.42 Å². The fraction of sp³-hybridized carbons (Fsp3) is 0.667. The molecule has 16 heavy (non-hydrogen) atoms. The van der Waals surface area contributed by atoms with Gasteiger partial charge >= 0.3 is 0 Å². The van der Waals surface area contributed by atoms with E-state index < -0.39 is 0 Å². The van der Waals surface area contributed by atoms with Gasteiger partial charge in [-0.3, -0.25) is 9.48 Å². The summed E-state index contributed by atoms with van der Waals surface area (Å²) in [6.07, 6.45) is 6.98. The van der Waals surface area contributed by atoms with Crippen molar-refractivity contribution in [3.8, 4) is 0 Å². The molecule has 0 aliphatic carbocycles. The van der Waals surface area contributed by atoms with Gasteiger partial charge in [-0.2, -0.15) is 5.10 Å². The van der Waals surface area contributed by atoms with E-state index >= 15 is 0 Å². The molecule has 1 N–H and O–H groups in total. The van der Waals surface area contributed by atoms with Crippen LogP contribution in [-0.4, -0.2) is 27.6 Å². The van der Waals surface area contributed by atoms with Gasteiger partial charge in [-0.1, -0.05) is 0 Å². The van der Waals surface area contributed by atoms with Crippen molar-refractivity contribution in [1.29, 1.82) is 0 Å². The van der Waals surface area contributed by atoms with E-state index in [0.717, 1.165) is 24.9 Å². The van der Waals surface area contributed by atoms with Crippen LogP contribution in [0.25, 0.3) is 0 Å². The number of aryl methyl sites for hydroxylation is 1. The Morgan fingerprint density at radius 1 is 1.62 bits per heavy atom. The van der Waals surface area contributed by atoms with Gasteiger partial charge in [0.05, 0.1) is 11.8 Å². The maximum Gasteiger partial charge on any atom is 0.170 e. The molecule has 1 aromatic rings. The molecule has 86 valence electrons. The third kappa shape index (κ3) is 1.48. The molecule has 4 heteroatoms. The van der Waals surface area contributed by atoms with Crippen molar-refractivity contribution in [2.24, 2.45) is 5.92 Å². The topological polar surface area (TPSA) is 46.9 Å². The van der Waals surface area contributed by atoms with Gasteiger partial charge in [0.15, 0.2) is 5.78 Å². The highest BCUT2D eigenvalue weighted by Gasteiger charge is 2.42. The molecule has 3 rings (SSSR count). The summed E-state index contributed by atoms with van der Waals surface area (Å²) >= 11 is 0. The number of hydrogen-bond acceptors (Lipinski definition) is 3. The number of carbonyl (C=O) groups is 1. The normalized spacial score (nSPS) is 32.2. The van der Waals surface area contributed by atoms with Crippen molar-refractivity contribution in [3.63, 3.8) is 0 Å². The molecule has 2 aliphatic rings. The maximum atomic E-state index is 12.3. The quantitative estimate of drug-likeness (QED) is 0.778. The van der Waals surface area contributed by atoms with Gasteiger partial charge in [-0.25, -0.2) is 0 Å². The zero-order chi connectivity index (χ0) is 11.1. The van der Waals surface area contributed by atoms with Crippen LogP contribution in [0.2, 0.25) is 0 Å². The number of nitrogens with zero attached hydrogens (tertiary/aromatic N) is 2. The first-order chi connectivity index (χ1) is 7.78. The predicted octanol–water partition coefficient (Wildman–Crippen LogP) is 1.23. The first-order valence-electron chi connectivity index (χ1n) is 6.10. The van der Waals surface area contributed by atoms with Crippen molar-refractivity contribution in [1.82, 2.24) is 15.1 Å². The highest BCUT2D eigenvalue weighted by atomic mass is 16.1. The minimum atomic E-state index is 0.188. The molecule has 3 atom stereocenters. The SMILES string of the molecule is CCn1cc(C(=O)C2CC3CCC2N3)cn1. The third-order valence-electron chi connectivity index (χ3n) is 3.88. The molecule has 2 saturated heterocycles. The molecule has 0 aromatic carbocycles. The van der Waals surface area contributed by atoms with Crippen molar-refractivity contribution in [3.05, 3.63) is 18.0 Å². The fourth-order valence-corrected chi connectivity index (χ4v) is 2.99. The van der Waals surface area contributed by atoms with E-state index in [4.69, 9.17) is 0 Å². The van der Waals surface area contributed by atoms with Crippen molar-refractivity contribution >= 4 is 5.78 Å². The van der Waals surface area contributed by atoms with Gasteiger partial charge in [0.2, 0.25) is 0 Å². The summed E-state index contributed by atoms with van der Waals surface area (Å²) in [6, 6.07) is 1.00. The number of rotatable bonds is 3. The second-order valence-electron chi connectivity index (χ2n) is 4.84. The Morgan fingerprint density at radius 2 is 2.50 bits per heavy atom. The molecule has 0 amide bonds. The fourth-order valence-electron chi connectivity index (χ4n) is 2.99. The van der Waals surface area contributed by atoms with E-state index in [-0.39, 0.29) is 11.7 Å². The Morgan fingerprint density at radius 3 is 3.06 bits per heavy atom. The number of Topliss-reactive ketones (excluding diaryl/α,β-unsaturated/α-hetero) is 1. The van der Waals surface area contributed by atoms with E-state index in [9.17, 15) is 4.79 Å². The Labute approximate surface area is 95.0 Å². The molecule has 0 saturated carbocycles. The second kappa shape index (κ2) is 3.70. The average molecular weight is 219 g/mol. The molecule has 3 unspecified atom stereocenters. The minimum absolute atomic E-state index is 0.188. The van der Waals surface area contributed by atoms with Crippen LogP contribution in [0.3, 0.4) is 0 Å². The average Bonchev–Trinajstić information content (AvgIpc) is 3.03. The van der Waals surface area contributed by atoms with Crippen molar-refractivity contribution < 1.29 is 4.79 Å². The highest BCUT2D eigenvalue weighted by Crippen LogP contribution is 2.35. The number of carbonyl (C=O) groups excluding carboxylic acids is 1. The van der Waals surface area contributed by atoms with Crippen LogP contribution in [0.1, 0.15) is 36.5 Å². The van der Waals surface area contributed by atoms with Crippen LogP contribution >= 0.6 is 0 Å². The Kier molecular flexibility index (Phi) is 2.32. The lowest BCUT2D eigenvalue weighted by molar-refractivity contribution is 0.0901. The van der Waals surface area contributed by atoms with Gasteiger partial charge in [0.1, 0.15) is 0 Å². The van der Waals surface area contributed by atoms with Gasteiger partial charge in [0, 0.05) is 30.7 Å². The second-order valence-corrected chi connectivity index (χ2v) is 4.84. The summed E-state index contributed by atoms with van der Waals surface area (Å²) in [5.74, 6) is 0.465. The molecular formula is C12H17N3O. The zero-order valence-electron chi connectivity index (χ0n) is 9.52. The number of fused-ring (bicyclic) bond motifs is 2. The number of hydrogen-bond donors (Lipinski definition) is 1. The largest absolute Gasteiger partial charge is 0.310 e. The van der Waals surface area contributed by atoms with Crippen molar-refractivity contribution in [2.45, 2.75) is 44.8 Å². The maximum absolute atomic E-state index is 12.3. The summed E-state index contributed by atoms with van der Waals surface area (Å²) in [6.45, 7) is 2.85. The van der Waals surface area contributed by atoms with Gasteiger partial charge < -0.3 is 5.32 Å². The Bertz CT molecular complexity index is 412. The lowest BCUT2D eigenvalue weighted by Crippen LogP contribution is -2.28. The summed E-state index contributed by atoms with van der Waals surface area (Å²) in [4.78, 5) is 12.3. The molecular weight excluding hydrogens is 202 g/mol. The summed E-state index contributed by atoms with van der Waals surface area (Å²) < 4.78 is 1.81. The standard InChI is InChI=1S/C12H17N3O/c1-2-15-7-8(6-13-15)12(16)10-5-9-3-4-11(10)14-9/h6-7,9-11,14H,2-5H2,1H3. The summed E-state index contributed by atoms with van der Waals surface area (Å²) in [5, 5.41) is 7.67.